The molecular weight excluding hydrogens is 1240 g/mol. The summed E-state index contributed by atoms with van der Waals surface area (Å²) in [5.41, 5.74) is 20.0. The zero-order chi connectivity index (χ0) is 63.0. The number of non-ortho nitro benzene ring substituents is 1. The molecule has 8 heterocycles. The van der Waals surface area contributed by atoms with Gasteiger partial charge in [-0.25, -0.2) is 39.5 Å². The number of nitrogens with two attached hydrogens (primary N) is 3. The molecule has 34 heteroatoms. The predicted octanol–water partition coefficient (Wildman–Crippen LogP) is 2.43. The molecule has 91 heavy (non-hydrogen) atoms. The van der Waals surface area contributed by atoms with Crippen LogP contribution in [-0.4, -0.2) is 185 Å². The van der Waals surface area contributed by atoms with Crippen LogP contribution in [-0.2, 0) is 56.2 Å². The Bertz CT molecular complexity index is 3490. The molecule has 6 aliphatic rings. The molecule has 0 spiro atoms. The molecule has 4 saturated heterocycles. The Labute approximate surface area is 532 Å². The van der Waals surface area contributed by atoms with Crippen LogP contribution in [0.3, 0.4) is 0 Å². The van der Waals surface area contributed by atoms with Crippen LogP contribution in [0.4, 0.5) is 32.6 Å². The van der Waals surface area contributed by atoms with Crippen molar-refractivity contribution in [1.29, 1.82) is 0 Å². The van der Waals surface area contributed by atoms with E-state index in [2.05, 4.69) is 40.5 Å². The minimum absolute atomic E-state index is 0. The number of likely N-dealkylation sites (tertiary alicyclic amines) is 2. The van der Waals surface area contributed by atoms with E-state index >= 15 is 0 Å². The second-order valence-electron chi connectivity index (χ2n) is 22.9. The monoisotopic (exact) mass is 1320 g/mol. The number of piperidine rings is 2. The number of aryl methyl sites for hydroxylation is 2. The van der Waals surface area contributed by atoms with Crippen molar-refractivity contribution in [3.63, 3.8) is 0 Å². The standard InChI is InChI=1S/C28H34N8O8.C28H36N8O6.CH2O2.H3N.Zn/c29-24-20-25(35(14-30-20)27-22(38)21(37)23(44-27)26(39)31-16-4-5-16)33-19(32-24)3-1-2-15-10-12-34(13-11-15)28(40)43-18-8-6-17(7-9-18)36(41)42;29-16-4-8-18(9-5-16)41-28(40)35-12-10-15(11-13-35)2-1-3-19-33-24(30)20-25(34-19)36(14-31-20)27-22(38)21(37)23(42-27)26(39)32-17-6-7-17;2-1-3;;/h6-9,14-16,21-23,27,37-38H,1-5,10-13H2,(H,31,39)(H2,29,32,33);4-5,8-9,14-15,17,21-23,27,37-38H,1-3,6-7,10-13,29H2,(H,32,39)(H2,30,33,34);1H,(H,2,3);1H3;/t2*21?,22-,23-,27+;;;/m00.../s1. The van der Waals surface area contributed by atoms with Gasteiger partial charge in [0.05, 0.1) is 17.6 Å². The van der Waals surface area contributed by atoms with Gasteiger partial charge in [-0.3, -0.25) is 33.6 Å². The van der Waals surface area contributed by atoms with Crippen molar-refractivity contribution in [3.8, 4) is 11.5 Å². The zero-order valence-electron chi connectivity index (χ0n) is 49.8. The Morgan fingerprint density at radius 2 is 0.989 bits per heavy atom. The molecule has 0 bridgehead atoms. The first kappa shape index (κ1) is 68.5. The number of carbonyl (C=O) groups excluding carboxylic acids is 4. The van der Waals surface area contributed by atoms with Crippen LogP contribution in [0.2, 0.25) is 0 Å². The quantitative estimate of drug-likeness (QED) is 0.0205. The number of fused-ring (bicyclic) bond motifs is 2. The molecule has 6 fully saturated rings. The number of nitro benzene ring substituents is 1. The van der Waals surface area contributed by atoms with E-state index < -0.39 is 71.9 Å². The number of anilines is 3. The topological polar surface area (TPSA) is 497 Å². The van der Waals surface area contributed by atoms with Crippen molar-refractivity contribution in [2.75, 3.05) is 43.4 Å². The van der Waals surface area contributed by atoms with Gasteiger partial charge in [-0.05, 0) is 125 Å². The maximum Gasteiger partial charge on any atom is 0.415 e. The summed E-state index contributed by atoms with van der Waals surface area (Å²) in [5.74, 6) is 2.08. The summed E-state index contributed by atoms with van der Waals surface area (Å²) in [6, 6.07) is 12.3. The number of aromatic nitrogens is 8. The van der Waals surface area contributed by atoms with Gasteiger partial charge in [0.15, 0.2) is 47.6 Å². The fourth-order valence-corrected chi connectivity index (χ4v) is 11.2. The molecule has 2 saturated carbocycles. The van der Waals surface area contributed by atoms with Crippen LogP contribution in [0.15, 0.2) is 61.2 Å². The van der Waals surface area contributed by atoms with Gasteiger partial charge in [-0.15, -0.1) is 0 Å². The number of carboxylic acid groups (broad SMARTS) is 1. The molecule has 12 rings (SSSR count). The van der Waals surface area contributed by atoms with Crippen LogP contribution in [0.5, 0.6) is 11.5 Å². The third kappa shape index (κ3) is 16.8. The predicted molar refractivity (Wildman–Crippen MR) is 318 cm³/mol. The molecule has 4 aromatic heterocycles. The van der Waals surface area contributed by atoms with Crippen molar-refractivity contribution in [2.45, 2.75) is 151 Å². The van der Waals surface area contributed by atoms with Gasteiger partial charge in [0, 0.05) is 88.4 Å². The Morgan fingerprint density at radius 1 is 0.615 bits per heavy atom. The third-order valence-corrected chi connectivity index (χ3v) is 16.5. The zero-order valence-corrected chi connectivity index (χ0v) is 52.8. The number of nitrogens with zero attached hydrogens (tertiary/aromatic N) is 11. The summed E-state index contributed by atoms with van der Waals surface area (Å²) in [7, 11) is 0. The Morgan fingerprint density at radius 3 is 1.35 bits per heavy atom. The Kier molecular flexibility index (Phi) is 23.1. The second kappa shape index (κ2) is 30.6. The molecule has 0 radical (unpaired) electrons. The average Bonchev–Trinajstić information content (AvgIpc) is 1.64. The molecule has 4 aliphatic heterocycles. The molecule has 2 aromatic carbocycles. The van der Waals surface area contributed by atoms with E-state index in [0.717, 1.165) is 77.0 Å². The molecular formula is C57H75N17O16Zn. The molecule has 33 nitrogen and oxygen atoms in total. The summed E-state index contributed by atoms with van der Waals surface area (Å²) >= 11 is 0. The fourth-order valence-electron chi connectivity index (χ4n) is 11.2. The largest absolute Gasteiger partial charge is 0.483 e. The number of aliphatic hydroxyl groups excluding tert-OH is 4. The van der Waals surface area contributed by atoms with Gasteiger partial charge >= 0.3 is 12.2 Å². The average molecular weight is 1320 g/mol. The number of hydrogen-bond donors (Lipinski definition) is 11. The summed E-state index contributed by atoms with van der Waals surface area (Å²) in [6.45, 7) is 2.09. The van der Waals surface area contributed by atoms with E-state index in [1.807, 2.05) is 0 Å². The minimum Gasteiger partial charge on any atom is -0.483 e. The first-order valence-corrected chi connectivity index (χ1v) is 29.6. The van der Waals surface area contributed by atoms with Crippen molar-refractivity contribution < 1.29 is 92.9 Å². The molecule has 2 unspecified atom stereocenters. The van der Waals surface area contributed by atoms with Crippen molar-refractivity contribution >= 4 is 75.8 Å². The van der Waals surface area contributed by atoms with Crippen LogP contribution < -0.4 is 43.5 Å². The third-order valence-electron chi connectivity index (χ3n) is 16.5. The van der Waals surface area contributed by atoms with Gasteiger partial charge in [-0.1, -0.05) is 0 Å². The van der Waals surface area contributed by atoms with E-state index in [0.29, 0.717) is 96.3 Å². The number of imidazole rings is 2. The summed E-state index contributed by atoms with van der Waals surface area (Å²) in [6.07, 6.45) is 3.36. The van der Waals surface area contributed by atoms with Gasteiger partial charge in [0.1, 0.15) is 58.6 Å². The molecule has 8 atom stereocenters. The number of rotatable bonds is 17. The number of nitro groups is 1. The number of carbonyl (C=O) groups is 5. The summed E-state index contributed by atoms with van der Waals surface area (Å²) < 4.78 is 25.4. The van der Waals surface area contributed by atoms with Crippen LogP contribution in [0.1, 0.15) is 101 Å². The minimum atomic E-state index is -1.41. The van der Waals surface area contributed by atoms with E-state index in [4.69, 9.17) is 46.0 Å². The first-order chi connectivity index (χ1) is 42.8. The maximum absolute atomic E-state index is 12.5. The number of amides is 4. The molecule has 6 aromatic rings. The van der Waals surface area contributed by atoms with Crippen molar-refractivity contribution in [1.82, 2.24) is 65.6 Å². The van der Waals surface area contributed by atoms with Gasteiger partial charge < -0.3 is 88.3 Å². The maximum atomic E-state index is 12.5. The van der Waals surface area contributed by atoms with E-state index in [1.165, 1.54) is 46.1 Å². The Balaban J connectivity index is 0.000000220. The molecule has 486 valence electrons. The van der Waals surface area contributed by atoms with Gasteiger partial charge in [0.25, 0.3) is 24.0 Å². The number of nitrogen functional groups attached to an aromatic ring is 3. The van der Waals surface area contributed by atoms with Crippen LogP contribution in [0.25, 0.3) is 22.3 Å². The smallest absolute Gasteiger partial charge is 0.415 e. The number of aliphatic hydroxyl groups is 4. The van der Waals surface area contributed by atoms with E-state index in [9.17, 15) is 49.7 Å². The van der Waals surface area contributed by atoms with Gasteiger partial charge in [0.2, 0.25) is 0 Å². The molecule has 16 N–H and O–H groups in total. The van der Waals surface area contributed by atoms with Crippen molar-refractivity contribution in [2.24, 2.45) is 11.8 Å². The number of nitrogens with one attached hydrogen (secondary N) is 2. The fraction of sp³-hybridized carbons (Fsp3) is 0.526. The number of ether oxygens (including phenoxy) is 4. The number of hydrogen-bond acceptors (Lipinski definition) is 25. The summed E-state index contributed by atoms with van der Waals surface area (Å²) in [4.78, 5) is 98.8. The molecule has 4 amide bonds. The van der Waals surface area contributed by atoms with E-state index in [-0.39, 0.29) is 73.4 Å². The van der Waals surface area contributed by atoms with E-state index in [1.54, 1.807) is 34.1 Å². The first-order valence-electron chi connectivity index (χ1n) is 29.6. The SMILES string of the molecule is N.Nc1ccc(OC(=O)N2CCC(CCCc3nc(N)c4ncn([C@@H]5O[C@H](C(=O)NC6CC6)C(O)[C@@H]5O)c4n3)CC2)cc1.Nc1nc(CCCC2CCN(C(=O)Oc3ccc([N+](=O)[O-])cc3)CC2)nc2c1ncn2[C@@H]1O[C@H](C(=O)NC2CC2)C(O)[C@@H]1O.O=CO.[Zn]. The van der Waals surface area contributed by atoms with Crippen LogP contribution >= 0.6 is 0 Å². The summed E-state index contributed by atoms with van der Waals surface area (Å²) in [5, 5.41) is 65.7. The Hall–Kier alpha value is -8.37. The van der Waals surface area contributed by atoms with Crippen molar-refractivity contribution in [3.05, 3.63) is 82.9 Å². The van der Waals surface area contributed by atoms with Crippen LogP contribution in [0, 0.1) is 22.0 Å². The normalized spacial score (nSPS) is 23.1. The molecule has 2 aliphatic carbocycles. The van der Waals surface area contributed by atoms with Gasteiger partial charge in [-0.2, -0.15) is 0 Å². The second-order valence-corrected chi connectivity index (χ2v) is 22.9. The number of benzene rings is 2.